The third kappa shape index (κ3) is 1.67. The molecule has 3 aromatic rings. The fourth-order valence-electron chi connectivity index (χ4n) is 1.57. The lowest BCUT2D eigenvalue weighted by Crippen LogP contribution is -1.85. The molecule has 1 radical (unpaired) electrons. The zero-order chi connectivity index (χ0) is 11.8. The minimum absolute atomic E-state index is 0.263. The molecule has 0 saturated carbocycles. The molecule has 0 fully saturated rings. The maximum Gasteiger partial charge on any atom is 0.227 e. The second-order valence-corrected chi connectivity index (χ2v) is 3.54. The first-order valence-electron chi connectivity index (χ1n) is 4.96. The van der Waals surface area contributed by atoms with Gasteiger partial charge >= 0.3 is 0 Å². The Balaban J connectivity index is 2.17. The minimum Gasteiger partial charge on any atom is -0.436 e. The van der Waals surface area contributed by atoms with Gasteiger partial charge in [0.15, 0.2) is 17.2 Å². The molecule has 0 unspecified atom stereocenters. The Morgan fingerprint density at radius 1 is 1.12 bits per heavy atom. The SMILES string of the molecule is Fc1ccc(-c2nc3cc[c]cc3o2)cc1F. The van der Waals surface area contributed by atoms with Crippen LogP contribution in [0.1, 0.15) is 0 Å². The number of oxazole rings is 1. The predicted molar refractivity (Wildman–Crippen MR) is 58.2 cm³/mol. The molecule has 2 aromatic carbocycles. The number of fused-ring (bicyclic) bond motifs is 1. The fourth-order valence-corrected chi connectivity index (χ4v) is 1.57. The minimum atomic E-state index is -0.920. The van der Waals surface area contributed by atoms with Gasteiger partial charge in [-0.2, -0.15) is 0 Å². The van der Waals surface area contributed by atoms with Crippen LogP contribution in [0.3, 0.4) is 0 Å². The number of halogens is 2. The van der Waals surface area contributed by atoms with Gasteiger partial charge in [-0.15, -0.1) is 0 Å². The van der Waals surface area contributed by atoms with E-state index >= 15 is 0 Å². The van der Waals surface area contributed by atoms with Gasteiger partial charge in [0, 0.05) is 5.56 Å². The van der Waals surface area contributed by atoms with Crippen molar-refractivity contribution in [1.29, 1.82) is 0 Å². The smallest absolute Gasteiger partial charge is 0.227 e. The summed E-state index contributed by atoms with van der Waals surface area (Å²) in [6.07, 6.45) is 0. The van der Waals surface area contributed by atoms with Crippen molar-refractivity contribution in [2.45, 2.75) is 0 Å². The van der Waals surface area contributed by atoms with Crippen molar-refractivity contribution in [2.24, 2.45) is 0 Å². The van der Waals surface area contributed by atoms with Crippen molar-refractivity contribution in [3.63, 3.8) is 0 Å². The van der Waals surface area contributed by atoms with Gasteiger partial charge in [0.05, 0.1) is 0 Å². The highest BCUT2D eigenvalue weighted by atomic mass is 19.2. The topological polar surface area (TPSA) is 26.0 Å². The van der Waals surface area contributed by atoms with Crippen LogP contribution in [-0.2, 0) is 0 Å². The van der Waals surface area contributed by atoms with E-state index in [4.69, 9.17) is 4.42 Å². The first-order valence-corrected chi connectivity index (χ1v) is 4.96. The second kappa shape index (κ2) is 3.66. The van der Waals surface area contributed by atoms with Crippen molar-refractivity contribution in [1.82, 2.24) is 4.98 Å². The third-order valence-corrected chi connectivity index (χ3v) is 2.40. The van der Waals surface area contributed by atoms with Crippen molar-refractivity contribution in [3.05, 3.63) is 54.1 Å². The van der Waals surface area contributed by atoms with Crippen LogP contribution in [0.15, 0.2) is 40.8 Å². The number of nitrogens with zero attached hydrogens (tertiary/aromatic N) is 1. The second-order valence-electron chi connectivity index (χ2n) is 3.54. The lowest BCUT2D eigenvalue weighted by Gasteiger charge is -1.96. The van der Waals surface area contributed by atoms with Crippen molar-refractivity contribution < 1.29 is 13.2 Å². The Morgan fingerprint density at radius 2 is 2.00 bits per heavy atom. The summed E-state index contributed by atoms with van der Waals surface area (Å²) in [4.78, 5) is 4.18. The van der Waals surface area contributed by atoms with Crippen LogP contribution in [0.2, 0.25) is 0 Å². The van der Waals surface area contributed by atoms with E-state index in [1.165, 1.54) is 6.07 Å². The Kier molecular flexibility index (Phi) is 2.14. The molecule has 0 spiro atoms. The fraction of sp³-hybridized carbons (Fsp3) is 0. The molecule has 1 aromatic heterocycles. The zero-order valence-electron chi connectivity index (χ0n) is 8.58. The first kappa shape index (κ1) is 9.96. The first-order chi connectivity index (χ1) is 8.24. The molecule has 17 heavy (non-hydrogen) atoms. The highest BCUT2D eigenvalue weighted by Gasteiger charge is 2.10. The number of hydrogen-bond donors (Lipinski definition) is 0. The largest absolute Gasteiger partial charge is 0.436 e. The van der Waals surface area contributed by atoms with Crippen LogP contribution in [-0.4, -0.2) is 4.98 Å². The summed E-state index contributed by atoms with van der Waals surface area (Å²) in [7, 11) is 0. The summed E-state index contributed by atoms with van der Waals surface area (Å²) in [5, 5.41) is 0. The summed E-state index contributed by atoms with van der Waals surface area (Å²) < 4.78 is 31.3. The average Bonchev–Trinajstić information content (AvgIpc) is 2.76. The lowest BCUT2D eigenvalue weighted by molar-refractivity contribution is 0.508. The average molecular weight is 230 g/mol. The number of hydrogen-bond acceptors (Lipinski definition) is 2. The van der Waals surface area contributed by atoms with Crippen molar-refractivity contribution in [3.8, 4) is 11.5 Å². The van der Waals surface area contributed by atoms with E-state index < -0.39 is 11.6 Å². The molecule has 0 amide bonds. The van der Waals surface area contributed by atoms with E-state index in [1.54, 1.807) is 18.2 Å². The van der Waals surface area contributed by atoms with E-state index in [0.29, 0.717) is 16.7 Å². The van der Waals surface area contributed by atoms with E-state index in [-0.39, 0.29) is 5.89 Å². The molecule has 4 heteroatoms. The molecular formula is C13H6F2NO. The lowest BCUT2D eigenvalue weighted by atomic mass is 10.2. The third-order valence-electron chi connectivity index (χ3n) is 2.40. The molecule has 0 aliphatic heterocycles. The Hall–Kier alpha value is -2.23. The highest BCUT2D eigenvalue weighted by Crippen LogP contribution is 2.24. The quantitative estimate of drug-likeness (QED) is 0.638. The molecule has 83 valence electrons. The maximum atomic E-state index is 13.1. The van der Waals surface area contributed by atoms with Gasteiger partial charge in [0.2, 0.25) is 5.89 Å². The van der Waals surface area contributed by atoms with Crippen LogP contribution >= 0.6 is 0 Å². The van der Waals surface area contributed by atoms with Gasteiger partial charge in [0.25, 0.3) is 0 Å². The van der Waals surface area contributed by atoms with Crippen molar-refractivity contribution in [2.75, 3.05) is 0 Å². The van der Waals surface area contributed by atoms with Gasteiger partial charge < -0.3 is 4.42 Å². The van der Waals surface area contributed by atoms with E-state index in [1.807, 2.05) is 0 Å². The molecular weight excluding hydrogens is 224 g/mol. The normalized spacial score (nSPS) is 10.9. The van der Waals surface area contributed by atoms with Crippen molar-refractivity contribution >= 4 is 11.1 Å². The van der Waals surface area contributed by atoms with Gasteiger partial charge in [-0.3, -0.25) is 0 Å². The van der Waals surface area contributed by atoms with Crippen LogP contribution < -0.4 is 0 Å². The Morgan fingerprint density at radius 3 is 2.76 bits per heavy atom. The number of rotatable bonds is 1. The summed E-state index contributed by atoms with van der Waals surface area (Å²) in [5.74, 6) is -1.55. The van der Waals surface area contributed by atoms with Gasteiger partial charge in [-0.05, 0) is 36.4 Å². The van der Waals surface area contributed by atoms with Gasteiger partial charge in [-0.1, -0.05) is 6.07 Å². The molecule has 0 saturated heterocycles. The summed E-state index contributed by atoms with van der Waals surface area (Å²) in [6, 6.07) is 11.5. The summed E-state index contributed by atoms with van der Waals surface area (Å²) in [5.41, 5.74) is 1.62. The van der Waals surface area contributed by atoms with E-state index in [2.05, 4.69) is 11.1 Å². The predicted octanol–water partition coefficient (Wildman–Crippen LogP) is 3.57. The molecule has 0 atom stereocenters. The van der Waals surface area contributed by atoms with Crippen LogP contribution in [0.25, 0.3) is 22.6 Å². The molecule has 0 aliphatic carbocycles. The van der Waals surface area contributed by atoms with Gasteiger partial charge in [-0.25, -0.2) is 13.8 Å². The van der Waals surface area contributed by atoms with E-state index in [9.17, 15) is 8.78 Å². The zero-order valence-corrected chi connectivity index (χ0v) is 8.58. The summed E-state index contributed by atoms with van der Waals surface area (Å²) in [6.45, 7) is 0. The standard InChI is InChI=1S/C13H6F2NO/c14-9-6-5-8(7-10(9)15)13-16-11-3-1-2-4-12(11)17-13/h1,3-7H. The van der Waals surface area contributed by atoms with Crippen LogP contribution in [0, 0.1) is 17.7 Å². The number of benzene rings is 2. The van der Waals surface area contributed by atoms with E-state index in [0.717, 1.165) is 12.1 Å². The highest BCUT2D eigenvalue weighted by molar-refractivity contribution is 5.75. The molecule has 3 rings (SSSR count). The van der Waals surface area contributed by atoms with Crippen LogP contribution in [0.4, 0.5) is 8.78 Å². The molecule has 1 heterocycles. The van der Waals surface area contributed by atoms with Gasteiger partial charge in [0.1, 0.15) is 5.52 Å². The molecule has 2 nitrogen and oxygen atoms in total. The Bertz CT molecular complexity index is 658. The molecule has 0 N–H and O–H groups in total. The molecule has 0 bridgehead atoms. The van der Waals surface area contributed by atoms with Crippen LogP contribution in [0.5, 0.6) is 0 Å². The number of aromatic nitrogens is 1. The maximum absolute atomic E-state index is 13.1. The monoisotopic (exact) mass is 230 g/mol. The summed E-state index contributed by atoms with van der Waals surface area (Å²) >= 11 is 0. The molecule has 0 aliphatic rings. The Labute approximate surface area is 95.5 Å².